The summed E-state index contributed by atoms with van der Waals surface area (Å²) in [6.45, 7) is 0. The Bertz CT molecular complexity index is 1170. The molecule has 0 spiro atoms. The van der Waals surface area contributed by atoms with Crippen LogP contribution in [0.5, 0.6) is 11.5 Å². The van der Waals surface area contributed by atoms with E-state index in [4.69, 9.17) is 19.4 Å². The van der Waals surface area contributed by atoms with E-state index in [1.165, 1.54) is 12.8 Å². The molecule has 134 valence electrons. The fourth-order valence-corrected chi connectivity index (χ4v) is 3.62. The minimum atomic E-state index is 0.564. The molecule has 0 atom stereocenters. The lowest BCUT2D eigenvalue weighted by molar-refractivity contribution is 0.415. The number of hydrogen-bond acceptors (Lipinski definition) is 4. The Morgan fingerprint density at radius 2 is 1.44 bits per heavy atom. The summed E-state index contributed by atoms with van der Waals surface area (Å²) in [7, 11) is 3.38. The number of benzene rings is 2. The standard InChI is InChI=1S/C23H20N2O2/c1-26-17-5-7-19-15(11-17)9-10-24-22(19)23-20-8-6-18(27-2)12-16(20)13-21(25-23)14-3-4-14/h5-14H,3-4H2,1-2H3. The molecule has 4 nitrogen and oxygen atoms in total. The smallest absolute Gasteiger partial charge is 0.119 e. The Morgan fingerprint density at radius 1 is 0.778 bits per heavy atom. The predicted molar refractivity (Wildman–Crippen MR) is 108 cm³/mol. The van der Waals surface area contributed by atoms with Gasteiger partial charge < -0.3 is 9.47 Å². The lowest BCUT2D eigenvalue weighted by Gasteiger charge is -2.12. The van der Waals surface area contributed by atoms with Crippen molar-refractivity contribution in [1.29, 1.82) is 0 Å². The number of methoxy groups -OCH3 is 2. The predicted octanol–water partition coefficient (Wildman–Crippen LogP) is 5.34. The van der Waals surface area contributed by atoms with Crippen molar-refractivity contribution in [3.63, 3.8) is 0 Å². The Balaban J connectivity index is 1.80. The van der Waals surface area contributed by atoms with Crippen molar-refractivity contribution in [2.24, 2.45) is 0 Å². The summed E-state index contributed by atoms with van der Waals surface area (Å²) in [6.07, 6.45) is 4.27. The summed E-state index contributed by atoms with van der Waals surface area (Å²) < 4.78 is 10.8. The second kappa shape index (κ2) is 6.23. The van der Waals surface area contributed by atoms with Crippen molar-refractivity contribution in [3.8, 4) is 22.9 Å². The quantitative estimate of drug-likeness (QED) is 0.495. The van der Waals surface area contributed by atoms with Gasteiger partial charge in [0, 0.05) is 28.6 Å². The summed E-state index contributed by atoms with van der Waals surface area (Å²) in [4.78, 5) is 9.76. The normalized spacial score (nSPS) is 13.9. The summed E-state index contributed by atoms with van der Waals surface area (Å²) in [6, 6.07) is 16.4. The molecule has 2 aromatic carbocycles. The molecule has 0 aliphatic heterocycles. The van der Waals surface area contributed by atoms with Crippen LogP contribution in [-0.4, -0.2) is 24.2 Å². The lowest BCUT2D eigenvalue weighted by atomic mass is 10.0. The number of hydrogen-bond donors (Lipinski definition) is 0. The molecule has 4 aromatic rings. The highest BCUT2D eigenvalue weighted by Gasteiger charge is 2.26. The van der Waals surface area contributed by atoms with Gasteiger partial charge in [-0.1, -0.05) is 0 Å². The maximum absolute atomic E-state index is 5.43. The molecule has 0 N–H and O–H groups in total. The van der Waals surface area contributed by atoms with Crippen molar-refractivity contribution >= 4 is 21.5 Å². The van der Waals surface area contributed by atoms with E-state index in [2.05, 4.69) is 24.3 Å². The second-order valence-electron chi connectivity index (χ2n) is 7.00. The fraction of sp³-hybridized carbons (Fsp3) is 0.217. The Kier molecular flexibility index (Phi) is 3.71. The van der Waals surface area contributed by atoms with Crippen molar-refractivity contribution in [3.05, 3.63) is 60.4 Å². The first kappa shape index (κ1) is 16.1. The zero-order chi connectivity index (χ0) is 18.4. The Hall–Kier alpha value is -3.14. The molecule has 1 aliphatic carbocycles. The third-order valence-corrected chi connectivity index (χ3v) is 5.25. The van der Waals surface area contributed by atoms with Crippen LogP contribution in [0.1, 0.15) is 24.5 Å². The van der Waals surface area contributed by atoms with E-state index >= 15 is 0 Å². The number of ether oxygens (including phenoxy) is 2. The van der Waals surface area contributed by atoms with E-state index in [1.807, 2.05) is 30.5 Å². The zero-order valence-corrected chi connectivity index (χ0v) is 15.4. The van der Waals surface area contributed by atoms with Crippen molar-refractivity contribution < 1.29 is 9.47 Å². The highest BCUT2D eigenvalue weighted by molar-refractivity contribution is 6.03. The molecule has 1 fully saturated rings. The molecule has 0 unspecified atom stereocenters. The van der Waals surface area contributed by atoms with Crippen LogP contribution in [0.25, 0.3) is 32.9 Å². The van der Waals surface area contributed by atoms with E-state index in [1.54, 1.807) is 14.2 Å². The van der Waals surface area contributed by atoms with Crippen LogP contribution in [0.3, 0.4) is 0 Å². The van der Waals surface area contributed by atoms with Gasteiger partial charge in [-0.3, -0.25) is 9.97 Å². The second-order valence-corrected chi connectivity index (χ2v) is 7.00. The molecule has 2 heterocycles. The maximum atomic E-state index is 5.43. The topological polar surface area (TPSA) is 44.2 Å². The van der Waals surface area contributed by atoms with Gasteiger partial charge in [0.1, 0.15) is 11.5 Å². The molecule has 5 rings (SSSR count). The Labute approximate surface area is 157 Å². The summed E-state index contributed by atoms with van der Waals surface area (Å²) in [5.41, 5.74) is 3.00. The van der Waals surface area contributed by atoms with Crippen LogP contribution < -0.4 is 9.47 Å². The minimum absolute atomic E-state index is 0.564. The van der Waals surface area contributed by atoms with E-state index in [0.717, 1.165) is 50.1 Å². The van der Waals surface area contributed by atoms with Gasteiger partial charge in [0.15, 0.2) is 0 Å². The molecule has 0 saturated heterocycles. The summed E-state index contributed by atoms with van der Waals surface area (Å²) in [5.74, 6) is 2.26. The molecule has 27 heavy (non-hydrogen) atoms. The van der Waals surface area contributed by atoms with Crippen molar-refractivity contribution in [1.82, 2.24) is 9.97 Å². The van der Waals surface area contributed by atoms with Crippen LogP contribution in [-0.2, 0) is 0 Å². The monoisotopic (exact) mass is 356 g/mol. The van der Waals surface area contributed by atoms with Gasteiger partial charge in [-0.2, -0.15) is 0 Å². The highest BCUT2D eigenvalue weighted by atomic mass is 16.5. The molecule has 1 aliphatic rings. The SMILES string of the molecule is COc1ccc2c(-c3nc(C4CC4)cc4cc(OC)ccc34)nccc2c1. The van der Waals surface area contributed by atoms with Gasteiger partial charge in [0.25, 0.3) is 0 Å². The Morgan fingerprint density at radius 3 is 2.11 bits per heavy atom. The average Bonchev–Trinajstić information content (AvgIpc) is 3.57. The number of pyridine rings is 2. The third kappa shape index (κ3) is 2.78. The molecule has 0 radical (unpaired) electrons. The first-order chi connectivity index (χ1) is 13.3. The van der Waals surface area contributed by atoms with E-state index in [9.17, 15) is 0 Å². The van der Waals surface area contributed by atoms with E-state index in [0.29, 0.717) is 5.92 Å². The molecule has 2 aromatic heterocycles. The van der Waals surface area contributed by atoms with Crippen LogP contribution in [0.4, 0.5) is 0 Å². The van der Waals surface area contributed by atoms with Gasteiger partial charge in [-0.05, 0) is 72.1 Å². The largest absolute Gasteiger partial charge is 0.497 e. The molecular weight excluding hydrogens is 336 g/mol. The first-order valence-electron chi connectivity index (χ1n) is 9.18. The van der Waals surface area contributed by atoms with Crippen LogP contribution >= 0.6 is 0 Å². The van der Waals surface area contributed by atoms with Crippen molar-refractivity contribution in [2.45, 2.75) is 18.8 Å². The van der Waals surface area contributed by atoms with Gasteiger partial charge in [0.2, 0.25) is 0 Å². The molecule has 0 bridgehead atoms. The highest BCUT2D eigenvalue weighted by Crippen LogP contribution is 2.42. The summed E-state index contributed by atoms with van der Waals surface area (Å²) >= 11 is 0. The molecule has 0 amide bonds. The number of aromatic nitrogens is 2. The number of nitrogens with zero attached hydrogens (tertiary/aromatic N) is 2. The van der Waals surface area contributed by atoms with Gasteiger partial charge in [-0.25, -0.2) is 0 Å². The lowest BCUT2D eigenvalue weighted by Crippen LogP contribution is -1.96. The van der Waals surface area contributed by atoms with Gasteiger partial charge in [-0.15, -0.1) is 0 Å². The summed E-state index contributed by atoms with van der Waals surface area (Å²) in [5, 5.41) is 4.42. The fourth-order valence-electron chi connectivity index (χ4n) is 3.62. The van der Waals surface area contributed by atoms with Gasteiger partial charge in [0.05, 0.1) is 25.6 Å². The third-order valence-electron chi connectivity index (χ3n) is 5.25. The molecule has 4 heteroatoms. The number of fused-ring (bicyclic) bond motifs is 2. The zero-order valence-electron chi connectivity index (χ0n) is 15.4. The van der Waals surface area contributed by atoms with E-state index in [-0.39, 0.29) is 0 Å². The molecule has 1 saturated carbocycles. The van der Waals surface area contributed by atoms with Crippen LogP contribution in [0.15, 0.2) is 54.7 Å². The number of rotatable bonds is 4. The van der Waals surface area contributed by atoms with Crippen LogP contribution in [0.2, 0.25) is 0 Å². The van der Waals surface area contributed by atoms with Gasteiger partial charge >= 0.3 is 0 Å². The van der Waals surface area contributed by atoms with E-state index < -0.39 is 0 Å². The van der Waals surface area contributed by atoms with Crippen LogP contribution in [0, 0.1) is 0 Å². The minimum Gasteiger partial charge on any atom is -0.497 e. The maximum Gasteiger partial charge on any atom is 0.119 e. The molecular formula is C23H20N2O2. The average molecular weight is 356 g/mol. The van der Waals surface area contributed by atoms with Crippen molar-refractivity contribution in [2.75, 3.05) is 14.2 Å². The first-order valence-corrected chi connectivity index (χ1v) is 9.18.